The van der Waals surface area contributed by atoms with E-state index in [9.17, 15) is 13.6 Å². The van der Waals surface area contributed by atoms with E-state index < -0.39 is 11.6 Å². The first-order valence-electron chi connectivity index (χ1n) is 10.8. The van der Waals surface area contributed by atoms with Crippen LogP contribution in [-0.2, 0) is 0 Å². The first-order valence-corrected chi connectivity index (χ1v) is 12.4. The summed E-state index contributed by atoms with van der Waals surface area (Å²) in [4.78, 5) is 13.8. The van der Waals surface area contributed by atoms with Gasteiger partial charge in [0.05, 0.1) is 10.1 Å². The normalized spacial score (nSPS) is 11.4. The van der Waals surface area contributed by atoms with Crippen molar-refractivity contribution in [3.8, 4) is 32.9 Å². The van der Waals surface area contributed by atoms with Crippen molar-refractivity contribution >= 4 is 48.3 Å². The summed E-state index contributed by atoms with van der Waals surface area (Å²) in [6.07, 6.45) is 0. The Labute approximate surface area is 211 Å². The van der Waals surface area contributed by atoms with E-state index in [0.717, 1.165) is 42.2 Å². The maximum absolute atomic E-state index is 14.2. The van der Waals surface area contributed by atoms with Gasteiger partial charge in [-0.15, -0.1) is 11.3 Å². The lowest BCUT2D eigenvalue weighted by molar-refractivity contribution is 0.509. The first kappa shape index (κ1) is 21.9. The molecule has 6 heteroatoms. The molecule has 0 amide bonds. The second kappa shape index (κ2) is 8.56. The van der Waals surface area contributed by atoms with Gasteiger partial charge in [0.15, 0.2) is 22.6 Å². The lowest BCUT2D eigenvalue weighted by Gasteiger charge is -2.07. The topological polar surface area (TPSA) is 30.2 Å². The molecule has 2 aromatic heterocycles. The standard InChI is InChI=1S/C29H15BrF2O2S/c30-19-9-6-17(7-10-19)26-21-12-11-20-24(33)15-25(16-4-2-1-3-5-16)34-27(20)29(21)35-28(26)18-8-13-22(31)23(32)14-18/h1-15H. The molecule has 35 heavy (non-hydrogen) atoms. The molecule has 0 saturated heterocycles. The smallest absolute Gasteiger partial charge is 0.193 e. The quantitative estimate of drug-likeness (QED) is 0.222. The Hall–Kier alpha value is -3.61. The highest BCUT2D eigenvalue weighted by molar-refractivity contribution is 9.10. The van der Waals surface area contributed by atoms with E-state index in [4.69, 9.17) is 4.42 Å². The molecule has 0 aliphatic rings. The summed E-state index contributed by atoms with van der Waals surface area (Å²) in [5.41, 5.74) is 3.48. The molecule has 6 aromatic rings. The first-order chi connectivity index (χ1) is 17.0. The Bertz CT molecular complexity index is 1790. The second-order valence-electron chi connectivity index (χ2n) is 8.10. The summed E-state index contributed by atoms with van der Waals surface area (Å²) >= 11 is 4.87. The van der Waals surface area contributed by atoms with Crippen LogP contribution >= 0.6 is 27.3 Å². The van der Waals surface area contributed by atoms with Crippen LogP contribution in [0, 0.1) is 11.6 Å². The van der Waals surface area contributed by atoms with Crippen LogP contribution in [-0.4, -0.2) is 0 Å². The van der Waals surface area contributed by atoms with Gasteiger partial charge in [0, 0.05) is 31.9 Å². The SMILES string of the molecule is O=c1cc(-c2ccccc2)oc2c1ccc1c(-c3ccc(Br)cc3)c(-c3ccc(F)c(F)c3)sc12. The zero-order valence-corrected chi connectivity index (χ0v) is 20.4. The number of rotatable bonds is 3. The van der Waals surface area contributed by atoms with Gasteiger partial charge in [0.2, 0.25) is 0 Å². The highest BCUT2D eigenvalue weighted by Gasteiger charge is 2.21. The van der Waals surface area contributed by atoms with Crippen LogP contribution in [0.4, 0.5) is 8.78 Å². The minimum atomic E-state index is -0.913. The number of benzene rings is 4. The molecule has 0 aliphatic carbocycles. The van der Waals surface area contributed by atoms with Crippen molar-refractivity contribution in [2.75, 3.05) is 0 Å². The monoisotopic (exact) mass is 544 g/mol. The molecule has 0 bridgehead atoms. The van der Waals surface area contributed by atoms with E-state index in [0.29, 0.717) is 22.3 Å². The maximum Gasteiger partial charge on any atom is 0.193 e. The van der Waals surface area contributed by atoms with Gasteiger partial charge >= 0.3 is 0 Å². The summed E-state index contributed by atoms with van der Waals surface area (Å²) in [5, 5.41) is 1.34. The van der Waals surface area contributed by atoms with E-state index in [1.165, 1.54) is 23.5 Å². The Balaban J connectivity index is 1.71. The van der Waals surface area contributed by atoms with Crippen LogP contribution in [0.2, 0.25) is 0 Å². The number of fused-ring (bicyclic) bond motifs is 3. The van der Waals surface area contributed by atoms with Crippen LogP contribution in [0.5, 0.6) is 0 Å². The van der Waals surface area contributed by atoms with Crippen LogP contribution in [0.1, 0.15) is 0 Å². The van der Waals surface area contributed by atoms with Crippen LogP contribution in [0.15, 0.2) is 105 Å². The Morgan fingerprint density at radius 1 is 0.714 bits per heavy atom. The molecule has 0 spiro atoms. The van der Waals surface area contributed by atoms with Crippen molar-refractivity contribution in [2.24, 2.45) is 0 Å². The molecule has 0 saturated carbocycles. The molecule has 4 aromatic carbocycles. The molecule has 0 N–H and O–H groups in total. The number of hydrogen-bond acceptors (Lipinski definition) is 3. The van der Waals surface area contributed by atoms with Crippen molar-refractivity contribution in [1.29, 1.82) is 0 Å². The minimum absolute atomic E-state index is 0.139. The van der Waals surface area contributed by atoms with Crippen molar-refractivity contribution in [3.05, 3.63) is 117 Å². The third-order valence-electron chi connectivity index (χ3n) is 5.93. The highest BCUT2D eigenvalue weighted by atomic mass is 79.9. The third-order valence-corrected chi connectivity index (χ3v) is 7.71. The molecule has 170 valence electrons. The van der Waals surface area contributed by atoms with E-state index in [-0.39, 0.29) is 5.43 Å². The summed E-state index contributed by atoms with van der Waals surface area (Å²) in [7, 11) is 0. The Kier molecular flexibility index (Phi) is 5.35. The van der Waals surface area contributed by atoms with E-state index in [1.807, 2.05) is 60.7 Å². The molecule has 0 atom stereocenters. The fraction of sp³-hybridized carbons (Fsp3) is 0. The summed E-state index contributed by atoms with van der Waals surface area (Å²) in [6, 6.07) is 26.3. The van der Waals surface area contributed by atoms with Gasteiger partial charge < -0.3 is 4.42 Å². The summed E-state index contributed by atoms with van der Waals surface area (Å²) in [6.45, 7) is 0. The van der Waals surface area contributed by atoms with E-state index in [2.05, 4.69) is 15.9 Å². The molecule has 0 radical (unpaired) electrons. The van der Waals surface area contributed by atoms with E-state index >= 15 is 0 Å². The molecule has 2 heterocycles. The van der Waals surface area contributed by atoms with Crippen molar-refractivity contribution in [1.82, 2.24) is 0 Å². The lowest BCUT2D eigenvalue weighted by Crippen LogP contribution is -2.00. The molecule has 0 fully saturated rings. The number of halogens is 3. The highest BCUT2D eigenvalue weighted by Crippen LogP contribution is 2.47. The predicted molar refractivity (Wildman–Crippen MR) is 142 cm³/mol. The fourth-order valence-electron chi connectivity index (χ4n) is 4.26. The molecular formula is C29H15BrF2O2S. The average molecular weight is 545 g/mol. The zero-order chi connectivity index (χ0) is 24.1. The summed E-state index contributed by atoms with van der Waals surface area (Å²) in [5.74, 6) is -1.34. The molecule has 0 unspecified atom stereocenters. The Morgan fingerprint density at radius 3 is 2.17 bits per heavy atom. The third kappa shape index (κ3) is 3.79. The van der Waals surface area contributed by atoms with Gasteiger partial charge in [-0.3, -0.25) is 4.79 Å². The molecule has 2 nitrogen and oxygen atoms in total. The van der Waals surface area contributed by atoms with Crippen LogP contribution in [0.3, 0.4) is 0 Å². The van der Waals surface area contributed by atoms with Crippen molar-refractivity contribution in [3.63, 3.8) is 0 Å². The van der Waals surface area contributed by atoms with Gasteiger partial charge in [-0.2, -0.15) is 0 Å². The van der Waals surface area contributed by atoms with Crippen molar-refractivity contribution in [2.45, 2.75) is 0 Å². The predicted octanol–water partition coefficient (Wildman–Crippen LogP) is 9.05. The largest absolute Gasteiger partial charge is 0.454 e. The number of hydrogen-bond donors (Lipinski definition) is 0. The van der Waals surface area contributed by atoms with Gasteiger partial charge in [-0.1, -0.05) is 70.5 Å². The Morgan fingerprint density at radius 2 is 1.43 bits per heavy atom. The van der Waals surface area contributed by atoms with Crippen LogP contribution < -0.4 is 5.43 Å². The zero-order valence-electron chi connectivity index (χ0n) is 18.0. The molecule has 0 aliphatic heterocycles. The van der Waals surface area contributed by atoms with Crippen molar-refractivity contribution < 1.29 is 13.2 Å². The van der Waals surface area contributed by atoms with E-state index in [1.54, 1.807) is 12.1 Å². The maximum atomic E-state index is 14.2. The lowest BCUT2D eigenvalue weighted by atomic mass is 9.98. The fourth-order valence-corrected chi connectivity index (χ4v) is 5.82. The van der Waals surface area contributed by atoms with Gasteiger partial charge in [0.25, 0.3) is 0 Å². The van der Waals surface area contributed by atoms with Gasteiger partial charge in [-0.25, -0.2) is 8.78 Å². The van der Waals surface area contributed by atoms with Gasteiger partial charge in [-0.05, 0) is 41.5 Å². The second-order valence-corrected chi connectivity index (χ2v) is 10.0. The number of thiophene rings is 1. The average Bonchev–Trinajstić information content (AvgIpc) is 3.27. The minimum Gasteiger partial charge on any atom is -0.454 e. The summed E-state index contributed by atoms with van der Waals surface area (Å²) < 4.78 is 36.0. The van der Waals surface area contributed by atoms with Gasteiger partial charge in [0.1, 0.15) is 5.76 Å². The molecule has 6 rings (SSSR count). The van der Waals surface area contributed by atoms with Crippen LogP contribution in [0.25, 0.3) is 53.9 Å². The molecular weight excluding hydrogens is 530 g/mol.